The molecule has 0 bridgehead atoms. The highest BCUT2D eigenvalue weighted by atomic mass is 35.5. The first-order chi connectivity index (χ1) is 12.5. The first-order valence-corrected chi connectivity index (χ1v) is 9.41. The van der Waals surface area contributed by atoms with E-state index in [1.807, 2.05) is 30.3 Å². The lowest BCUT2D eigenvalue weighted by Crippen LogP contribution is -2.31. The van der Waals surface area contributed by atoms with E-state index in [9.17, 15) is 4.79 Å². The van der Waals surface area contributed by atoms with Gasteiger partial charge in [-0.1, -0.05) is 41.4 Å². The Morgan fingerprint density at radius 3 is 2.81 bits per heavy atom. The maximum absolute atomic E-state index is 12.1. The maximum atomic E-state index is 12.1. The summed E-state index contributed by atoms with van der Waals surface area (Å²) >= 11 is 12.7. The number of nitrogens with zero attached hydrogens (tertiary/aromatic N) is 1. The van der Waals surface area contributed by atoms with Gasteiger partial charge < -0.3 is 15.3 Å². The van der Waals surface area contributed by atoms with Crippen molar-refractivity contribution in [3.63, 3.8) is 0 Å². The van der Waals surface area contributed by atoms with Gasteiger partial charge in [0.25, 0.3) is 0 Å². The number of hydrogen-bond donors (Lipinski definition) is 2. The van der Waals surface area contributed by atoms with Gasteiger partial charge in [-0.05, 0) is 48.4 Å². The van der Waals surface area contributed by atoms with Gasteiger partial charge in [0.1, 0.15) is 0 Å². The molecular weight excluding hydrogens is 371 g/mol. The first kappa shape index (κ1) is 19.2. The standard InChI is InChI=1S/C20H22Cl2N2O2/c1-24-11-16(15-9-13(21)10-18(22)17(15)12-24)14-5-2-3-6-19(14)23-20(26)7-4-8-25/h2-3,5-6,9-10,16,25H,4,7-8,11-12H2,1H3,(H,23,26). The van der Waals surface area contributed by atoms with Gasteiger partial charge in [0, 0.05) is 47.8 Å². The minimum Gasteiger partial charge on any atom is -0.396 e. The zero-order valence-corrected chi connectivity index (χ0v) is 16.1. The van der Waals surface area contributed by atoms with Crippen molar-refractivity contribution >= 4 is 34.8 Å². The predicted octanol–water partition coefficient (Wildman–Crippen LogP) is 4.28. The summed E-state index contributed by atoms with van der Waals surface area (Å²) in [7, 11) is 2.06. The molecule has 1 aliphatic rings. The number of rotatable bonds is 5. The highest BCUT2D eigenvalue weighted by Crippen LogP contribution is 2.40. The van der Waals surface area contributed by atoms with E-state index in [0.29, 0.717) is 22.9 Å². The Balaban J connectivity index is 1.99. The number of benzene rings is 2. The van der Waals surface area contributed by atoms with Gasteiger partial charge in [-0.2, -0.15) is 0 Å². The second kappa shape index (κ2) is 8.40. The molecule has 1 aliphatic heterocycles. The monoisotopic (exact) mass is 392 g/mol. The lowest BCUT2D eigenvalue weighted by Gasteiger charge is -2.34. The number of nitrogens with one attached hydrogen (secondary N) is 1. The molecule has 1 atom stereocenters. The number of fused-ring (bicyclic) bond motifs is 1. The first-order valence-electron chi connectivity index (χ1n) is 8.65. The van der Waals surface area contributed by atoms with Crippen LogP contribution >= 0.6 is 23.2 Å². The Morgan fingerprint density at radius 2 is 2.04 bits per heavy atom. The Kier molecular flexibility index (Phi) is 6.20. The zero-order chi connectivity index (χ0) is 18.7. The van der Waals surface area contributed by atoms with Gasteiger partial charge >= 0.3 is 0 Å². The van der Waals surface area contributed by atoms with Gasteiger partial charge in [-0.25, -0.2) is 0 Å². The van der Waals surface area contributed by atoms with Crippen LogP contribution < -0.4 is 5.32 Å². The molecule has 138 valence electrons. The lowest BCUT2D eigenvalue weighted by molar-refractivity contribution is -0.116. The summed E-state index contributed by atoms with van der Waals surface area (Å²) < 4.78 is 0. The summed E-state index contributed by atoms with van der Waals surface area (Å²) in [6, 6.07) is 11.6. The van der Waals surface area contributed by atoms with Crippen LogP contribution in [0.5, 0.6) is 0 Å². The van der Waals surface area contributed by atoms with Crippen LogP contribution in [0.25, 0.3) is 0 Å². The number of aliphatic hydroxyl groups excluding tert-OH is 1. The number of carbonyl (C=O) groups excluding carboxylic acids is 1. The molecule has 0 spiro atoms. The molecule has 0 fully saturated rings. The Bertz CT molecular complexity index is 810. The van der Waals surface area contributed by atoms with Gasteiger partial charge in [-0.15, -0.1) is 0 Å². The number of para-hydroxylation sites is 1. The van der Waals surface area contributed by atoms with Crippen molar-refractivity contribution in [3.05, 3.63) is 63.1 Å². The van der Waals surface area contributed by atoms with E-state index in [2.05, 4.69) is 17.3 Å². The van der Waals surface area contributed by atoms with E-state index < -0.39 is 0 Å². The van der Waals surface area contributed by atoms with Crippen LogP contribution in [-0.4, -0.2) is 36.1 Å². The summed E-state index contributed by atoms with van der Waals surface area (Å²) in [6.07, 6.45) is 0.748. The quantitative estimate of drug-likeness (QED) is 0.797. The molecule has 1 unspecified atom stereocenters. The summed E-state index contributed by atoms with van der Waals surface area (Å²) in [5.74, 6) is -0.0331. The van der Waals surface area contributed by atoms with Crippen molar-refractivity contribution in [3.8, 4) is 0 Å². The molecule has 0 saturated heterocycles. The molecule has 1 amide bonds. The minimum atomic E-state index is -0.0972. The lowest BCUT2D eigenvalue weighted by atomic mass is 9.84. The molecule has 0 radical (unpaired) electrons. The topological polar surface area (TPSA) is 52.6 Å². The number of carbonyl (C=O) groups is 1. The van der Waals surface area contributed by atoms with Gasteiger partial charge in [0.2, 0.25) is 5.91 Å². The number of likely N-dealkylation sites (N-methyl/N-ethyl adjacent to an activating group) is 1. The molecule has 0 saturated carbocycles. The molecule has 0 aromatic heterocycles. The summed E-state index contributed by atoms with van der Waals surface area (Å²) in [5.41, 5.74) is 4.02. The van der Waals surface area contributed by atoms with E-state index >= 15 is 0 Å². The molecule has 26 heavy (non-hydrogen) atoms. The molecule has 2 aromatic carbocycles. The van der Waals surface area contributed by atoms with Crippen molar-refractivity contribution < 1.29 is 9.90 Å². The third-order valence-electron chi connectivity index (χ3n) is 4.66. The van der Waals surface area contributed by atoms with Crippen molar-refractivity contribution in [2.75, 3.05) is 25.5 Å². The maximum Gasteiger partial charge on any atom is 0.224 e. The zero-order valence-electron chi connectivity index (χ0n) is 14.6. The number of amides is 1. The average molecular weight is 393 g/mol. The second-order valence-electron chi connectivity index (χ2n) is 6.67. The van der Waals surface area contributed by atoms with Crippen LogP contribution in [0.1, 0.15) is 35.4 Å². The SMILES string of the molecule is CN1Cc2c(Cl)cc(Cl)cc2C(c2ccccc2NC(=O)CCCO)C1. The molecule has 1 heterocycles. The predicted molar refractivity (Wildman–Crippen MR) is 106 cm³/mol. The molecule has 2 aromatic rings. The third kappa shape index (κ3) is 4.21. The summed E-state index contributed by atoms with van der Waals surface area (Å²) in [5, 5.41) is 13.2. The number of hydrogen-bond acceptors (Lipinski definition) is 3. The van der Waals surface area contributed by atoms with Crippen LogP contribution in [0.2, 0.25) is 10.0 Å². The number of anilines is 1. The smallest absolute Gasteiger partial charge is 0.224 e. The van der Waals surface area contributed by atoms with E-state index in [0.717, 1.165) is 35.5 Å². The van der Waals surface area contributed by atoms with E-state index in [-0.39, 0.29) is 18.4 Å². The second-order valence-corrected chi connectivity index (χ2v) is 7.51. The van der Waals surface area contributed by atoms with Crippen LogP contribution in [-0.2, 0) is 11.3 Å². The molecule has 0 aliphatic carbocycles. The molecule has 2 N–H and O–H groups in total. The highest BCUT2D eigenvalue weighted by Gasteiger charge is 2.28. The van der Waals surface area contributed by atoms with Gasteiger partial charge in [0.05, 0.1) is 0 Å². The van der Waals surface area contributed by atoms with Crippen molar-refractivity contribution in [1.82, 2.24) is 4.90 Å². The molecule has 3 rings (SSSR count). The Morgan fingerprint density at radius 1 is 1.27 bits per heavy atom. The van der Waals surface area contributed by atoms with Crippen LogP contribution in [0, 0.1) is 0 Å². The molecular formula is C20H22Cl2N2O2. The van der Waals surface area contributed by atoms with E-state index in [1.165, 1.54) is 0 Å². The fourth-order valence-electron chi connectivity index (χ4n) is 3.48. The van der Waals surface area contributed by atoms with E-state index in [1.54, 1.807) is 6.07 Å². The minimum absolute atomic E-state index is 0.00681. The fourth-order valence-corrected chi connectivity index (χ4v) is 4.05. The number of aliphatic hydroxyl groups is 1. The fraction of sp³-hybridized carbons (Fsp3) is 0.350. The summed E-state index contributed by atoms with van der Waals surface area (Å²) in [4.78, 5) is 14.4. The highest BCUT2D eigenvalue weighted by molar-refractivity contribution is 6.35. The van der Waals surface area contributed by atoms with Crippen molar-refractivity contribution in [1.29, 1.82) is 0 Å². The molecule has 4 nitrogen and oxygen atoms in total. The van der Waals surface area contributed by atoms with Gasteiger partial charge in [-0.3, -0.25) is 4.79 Å². The summed E-state index contributed by atoms with van der Waals surface area (Å²) in [6.45, 7) is 1.59. The normalized spacial score (nSPS) is 17.0. The van der Waals surface area contributed by atoms with Crippen LogP contribution in [0.15, 0.2) is 36.4 Å². The van der Waals surface area contributed by atoms with Crippen molar-refractivity contribution in [2.45, 2.75) is 25.3 Å². The van der Waals surface area contributed by atoms with E-state index in [4.69, 9.17) is 28.3 Å². The van der Waals surface area contributed by atoms with Gasteiger partial charge in [0.15, 0.2) is 0 Å². The third-order valence-corrected chi connectivity index (χ3v) is 5.22. The average Bonchev–Trinajstić information content (AvgIpc) is 2.60. The molecule has 6 heteroatoms. The largest absolute Gasteiger partial charge is 0.396 e. The van der Waals surface area contributed by atoms with Crippen LogP contribution in [0.3, 0.4) is 0 Å². The van der Waals surface area contributed by atoms with Crippen molar-refractivity contribution in [2.24, 2.45) is 0 Å². The Labute approximate surface area is 163 Å². The number of halogens is 2. The van der Waals surface area contributed by atoms with Crippen LogP contribution in [0.4, 0.5) is 5.69 Å². The Hall–Kier alpha value is -1.59.